The molecule has 200 valence electrons. The summed E-state index contributed by atoms with van der Waals surface area (Å²) in [5.74, 6) is -0.877. The van der Waals surface area contributed by atoms with E-state index in [9.17, 15) is 14.4 Å². The monoisotopic (exact) mass is 533 g/mol. The smallest absolute Gasteiger partial charge is 0.289 e. The summed E-state index contributed by atoms with van der Waals surface area (Å²) in [5.41, 5.74) is 0.474. The normalized spacial score (nSPS) is 13.6. The van der Waals surface area contributed by atoms with E-state index in [1.165, 1.54) is 17.2 Å². The summed E-state index contributed by atoms with van der Waals surface area (Å²) in [6.07, 6.45) is 3.81. The van der Waals surface area contributed by atoms with Crippen molar-refractivity contribution >= 4 is 28.4 Å². The molecule has 0 atom stereocenters. The number of aryl methyl sites for hydroxylation is 1. The lowest BCUT2D eigenvalue weighted by atomic mass is 10.1. The highest BCUT2D eigenvalue weighted by Gasteiger charge is 2.26. The van der Waals surface area contributed by atoms with Crippen molar-refractivity contribution in [2.45, 2.75) is 19.9 Å². The van der Waals surface area contributed by atoms with Gasteiger partial charge in [-0.1, -0.05) is 0 Å². The molecule has 2 amide bonds. The molecular weight excluding hydrogens is 501 g/mol. The Morgan fingerprint density at radius 3 is 2.51 bits per heavy atom. The van der Waals surface area contributed by atoms with Crippen molar-refractivity contribution < 1.29 is 35.7 Å². The molecular formula is C26H33ClFN5O4. The van der Waals surface area contributed by atoms with Crippen molar-refractivity contribution in [3.63, 3.8) is 0 Å². The molecule has 0 spiro atoms. The lowest BCUT2D eigenvalue weighted by Gasteiger charge is -2.36. The molecule has 0 bridgehead atoms. The fourth-order valence-corrected chi connectivity index (χ4v) is 4.51. The highest BCUT2D eigenvalue weighted by atomic mass is 35.5. The quantitative estimate of drug-likeness (QED) is 0.326. The van der Waals surface area contributed by atoms with Gasteiger partial charge in [0.15, 0.2) is 5.76 Å². The second-order valence-corrected chi connectivity index (χ2v) is 9.30. The third kappa shape index (κ3) is 6.14. The number of rotatable bonds is 8. The van der Waals surface area contributed by atoms with Crippen molar-refractivity contribution in [1.82, 2.24) is 14.8 Å². The second-order valence-electron chi connectivity index (χ2n) is 9.30. The zero-order valence-corrected chi connectivity index (χ0v) is 22.1. The van der Waals surface area contributed by atoms with Gasteiger partial charge < -0.3 is 41.4 Å². The van der Waals surface area contributed by atoms with Crippen LogP contribution in [-0.4, -0.2) is 74.6 Å². The fraction of sp³-hybridized carbons (Fsp3) is 0.423. The summed E-state index contributed by atoms with van der Waals surface area (Å²) in [6, 6.07) is 6.19. The molecule has 1 aliphatic rings. The molecule has 2 N–H and O–H groups in total. The number of halogens is 2. The van der Waals surface area contributed by atoms with Crippen LogP contribution in [0.3, 0.4) is 0 Å². The molecule has 0 saturated carbocycles. The minimum Gasteiger partial charge on any atom is -1.00 e. The van der Waals surface area contributed by atoms with Gasteiger partial charge in [0, 0.05) is 57.3 Å². The number of nitrogens with zero attached hydrogens (tertiary/aromatic N) is 3. The lowest BCUT2D eigenvalue weighted by Crippen LogP contribution is -3.05. The third-order valence-electron chi connectivity index (χ3n) is 6.51. The average molecular weight is 534 g/mol. The van der Waals surface area contributed by atoms with E-state index in [4.69, 9.17) is 4.42 Å². The van der Waals surface area contributed by atoms with Crippen LogP contribution >= 0.6 is 0 Å². The van der Waals surface area contributed by atoms with Crippen LogP contribution in [0.25, 0.3) is 10.9 Å². The number of benzene rings is 1. The van der Waals surface area contributed by atoms with E-state index in [0.29, 0.717) is 50.5 Å². The predicted molar refractivity (Wildman–Crippen MR) is 135 cm³/mol. The van der Waals surface area contributed by atoms with Gasteiger partial charge in [0.05, 0.1) is 38.1 Å². The molecule has 11 heteroatoms. The highest BCUT2D eigenvalue weighted by Crippen LogP contribution is 2.26. The number of carbonyl (C=O) groups excluding carboxylic acids is 2. The number of aromatic nitrogens is 1. The van der Waals surface area contributed by atoms with E-state index in [2.05, 4.69) is 5.32 Å². The van der Waals surface area contributed by atoms with Gasteiger partial charge in [-0.15, -0.1) is 0 Å². The Hall–Kier alpha value is -3.37. The topological polar surface area (TPSA) is 92.2 Å². The van der Waals surface area contributed by atoms with Gasteiger partial charge in [0.25, 0.3) is 11.8 Å². The Balaban J connectivity index is 0.00000380. The number of hydrogen-bond donors (Lipinski definition) is 2. The first-order chi connectivity index (χ1) is 17.3. The molecule has 4 rings (SSSR count). The van der Waals surface area contributed by atoms with E-state index in [1.807, 2.05) is 25.9 Å². The Labute approximate surface area is 221 Å². The van der Waals surface area contributed by atoms with E-state index >= 15 is 4.39 Å². The SMILES string of the molecule is CCn1cc(C(=O)NCCC[NH+](C)C)c(=O)c2cc(F)c(N3CCN(C(=O)c4ccco4)CC3)cc21.[Cl-]. The summed E-state index contributed by atoms with van der Waals surface area (Å²) in [7, 11) is 4.07. The van der Waals surface area contributed by atoms with Gasteiger partial charge in [-0.05, 0) is 31.2 Å². The van der Waals surface area contributed by atoms with Crippen LogP contribution in [0.5, 0.6) is 0 Å². The van der Waals surface area contributed by atoms with Gasteiger partial charge in [0.1, 0.15) is 11.4 Å². The molecule has 0 unspecified atom stereocenters. The van der Waals surface area contributed by atoms with Crippen molar-refractivity contribution in [2.75, 3.05) is 58.3 Å². The first-order valence-corrected chi connectivity index (χ1v) is 12.3. The molecule has 2 aromatic heterocycles. The van der Waals surface area contributed by atoms with E-state index < -0.39 is 17.2 Å². The van der Waals surface area contributed by atoms with E-state index in [1.54, 1.807) is 33.9 Å². The first kappa shape index (κ1) is 28.2. The number of pyridine rings is 1. The summed E-state index contributed by atoms with van der Waals surface area (Å²) in [6.45, 7) is 5.52. The van der Waals surface area contributed by atoms with Crippen LogP contribution in [0.1, 0.15) is 34.3 Å². The van der Waals surface area contributed by atoms with Gasteiger partial charge >= 0.3 is 0 Å². The van der Waals surface area contributed by atoms with Crippen molar-refractivity contribution in [3.8, 4) is 0 Å². The minimum atomic E-state index is -0.528. The molecule has 9 nitrogen and oxygen atoms in total. The van der Waals surface area contributed by atoms with Crippen molar-refractivity contribution in [3.05, 3.63) is 64.1 Å². The second kappa shape index (κ2) is 12.2. The van der Waals surface area contributed by atoms with Gasteiger partial charge in [-0.3, -0.25) is 14.4 Å². The van der Waals surface area contributed by atoms with Crippen LogP contribution < -0.4 is 33.0 Å². The summed E-state index contributed by atoms with van der Waals surface area (Å²) >= 11 is 0. The number of furan rings is 1. The first-order valence-electron chi connectivity index (χ1n) is 12.3. The number of amides is 2. The largest absolute Gasteiger partial charge is 1.00 e. The maximum atomic E-state index is 15.3. The lowest BCUT2D eigenvalue weighted by molar-refractivity contribution is -0.858. The summed E-state index contributed by atoms with van der Waals surface area (Å²) < 4.78 is 22.3. The molecule has 1 saturated heterocycles. The third-order valence-corrected chi connectivity index (χ3v) is 6.51. The van der Waals surface area contributed by atoms with Crippen LogP contribution in [0.2, 0.25) is 0 Å². The maximum absolute atomic E-state index is 15.3. The molecule has 1 aromatic carbocycles. The van der Waals surface area contributed by atoms with Crippen molar-refractivity contribution in [1.29, 1.82) is 0 Å². The Morgan fingerprint density at radius 1 is 1.16 bits per heavy atom. The van der Waals surface area contributed by atoms with Gasteiger partial charge in [-0.2, -0.15) is 0 Å². The number of quaternary nitrogens is 1. The molecule has 3 heterocycles. The zero-order valence-electron chi connectivity index (χ0n) is 21.4. The molecule has 0 aliphatic carbocycles. The van der Waals surface area contributed by atoms with Gasteiger partial charge in [0.2, 0.25) is 5.43 Å². The number of piperazine rings is 1. The number of nitrogens with one attached hydrogen (secondary N) is 2. The molecule has 0 radical (unpaired) electrons. The van der Waals surface area contributed by atoms with E-state index in [-0.39, 0.29) is 35.0 Å². The molecule has 3 aromatic rings. The zero-order chi connectivity index (χ0) is 25.8. The number of hydrogen-bond acceptors (Lipinski definition) is 5. The summed E-state index contributed by atoms with van der Waals surface area (Å²) in [5, 5.41) is 2.98. The van der Waals surface area contributed by atoms with Crippen molar-refractivity contribution in [2.24, 2.45) is 0 Å². The number of carbonyl (C=O) groups is 2. The maximum Gasteiger partial charge on any atom is 0.289 e. The predicted octanol–water partition coefficient (Wildman–Crippen LogP) is -2.02. The number of anilines is 1. The Bertz CT molecular complexity index is 1300. The standard InChI is InChI=1S/C26H32FN5O4.ClH/c1-4-30-17-19(25(34)28-8-6-9-29(2)3)24(33)18-15-20(27)22(16-21(18)30)31-10-12-32(13-11-31)26(35)23-7-5-14-36-23;/h5,7,14-17H,4,6,8-13H2,1-3H3,(H,28,34);1H. The van der Waals surface area contributed by atoms with Crippen LogP contribution in [0.15, 0.2) is 45.9 Å². The minimum absolute atomic E-state index is 0. The van der Waals surface area contributed by atoms with Gasteiger partial charge in [-0.25, -0.2) is 4.39 Å². The number of fused-ring (bicyclic) bond motifs is 1. The molecule has 1 aliphatic heterocycles. The Kier molecular flexibility index (Phi) is 9.34. The highest BCUT2D eigenvalue weighted by molar-refractivity contribution is 5.98. The van der Waals surface area contributed by atoms with Crippen LogP contribution in [0.4, 0.5) is 10.1 Å². The molecule has 1 fully saturated rings. The Morgan fingerprint density at radius 2 is 1.89 bits per heavy atom. The fourth-order valence-electron chi connectivity index (χ4n) is 4.51. The van der Waals surface area contributed by atoms with Crippen LogP contribution in [0, 0.1) is 5.82 Å². The summed E-state index contributed by atoms with van der Waals surface area (Å²) in [4.78, 5) is 43.2. The molecule has 37 heavy (non-hydrogen) atoms. The van der Waals surface area contributed by atoms with Crippen LogP contribution in [-0.2, 0) is 6.54 Å². The average Bonchev–Trinajstić information content (AvgIpc) is 3.41. The van der Waals surface area contributed by atoms with E-state index in [0.717, 1.165) is 13.0 Å².